The van der Waals surface area contributed by atoms with E-state index >= 15 is 0 Å². The van der Waals surface area contributed by atoms with Crippen LogP contribution in [0, 0.1) is 6.92 Å². The van der Waals surface area contributed by atoms with Crippen molar-refractivity contribution in [1.29, 1.82) is 0 Å². The molecule has 7 heteroatoms. The van der Waals surface area contributed by atoms with Crippen LogP contribution in [0.25, 0.3) is 0 Å². The van der Waals surface area contributed by atoms with Gasteiger partial charge in [-0.05, 0) is 37.0 Å². The zero-order valence-corrected chi connectivity index (χ0v) is 18.7. The van der Waals surface area contributed by atoms with Crippen molar-refractivity contribution < 1.29 is 9.47 Å². The zero-order chi connectivity index (χ0) is 21.2. The van der Waals surface area contributed by atoms with Crippen molar-refractivity contribution >= 4 is 23.4 Å². The Balaban J connectivity index is 2.37. The number of benzene rings is 1. The minimum absolute atomic E-state index is 0.262. The summed E-state index contributed by atoms with van der Waals surface area (Å²) >= 11 is 6.04. The van der Waals surface area contributed by atoms with E-state index < -0.39 is 0 Å². The number of unbranched alkanes of at least 4 members (excludes halogenated alkanes) is 1. The van der Waals surface area contributed by atoms with Gasteiger partial charge in [-0.3, -0.25) is 0 Å². The molecule has 0 saturated carbocycles. The number of nitrogen functional groups attached to an aromatic ring is 1. The fourth-order valence-corrected chi connectivity index (χ4v) is 3.55. The van der Waals surface area contributed by atoms with E-state index in [-0.39, 0.29) is 12.0 Å². The normalized spacial score (nSPS) is 12.0. The number of anilines is 2. The van der Waals surface area contributed by atoms with Crippen molar-refractivity contribution in [2.75, 3.05) is 31.9 Å². The van der Waals surface area contributed by atoms with Gasteiger partial charge in [-0.2, -0.15) is 4.98 Å². The Bertz CT molecular complexity index is 778. The molecule has 6 nitrogen and oxygen atoms in total. The summed E-state index contributed by atoms with van der Waals surface area (Å²) < 4.78 is 10.9. The van der Waals surface area contributed by atoms with E-state index in [1.807, 2.05) is 19.1 Å². The van der Waals surface area contributed by atoms with E-state index in [9.17, 15) is 0 Å². The molecule has 1 heterocycles. The highest BCUT2D eigenvalue weighted by Crippen LogP contribution is 2.28. The van der Waals surface area contributed by atoms with Gasteiger partial charge in [-0.15, -0.1) is 11.6 Å². The molecule has 0 fully saturated rings. The highest BCUT2D eigenvalue weighted by atomic mass is 35.5. The van der Waals surface area contributed by atoms with Gasteiger partial charge < -0.3 is 20.5 Å². The molecule has 0 amide bonds. The number of aromatic nitrogens is 2. The van der Waals surface area contributed by atoms with Crippen molar-refractivity contribution in [3.05, 3.63) is 40.6 Å². The molecule has 0 saturated heterocycles. The predicted molar refractivity (Wildman–Crippen MR) is 120 cm³/mol. The van der Waals surface area contributed by atoms with Crippen LogP contribution in [0.15, 0.2) is 18.2 Å². The lowest BCUT2D eigenvalue weighted by atomic mass is 10.0. The number of hydrogen-bond acceptors (Lipinski definition) is 6. The molecule has 0 radical (unpaired) electrons. The van der Waals surface area contributed by atoms with Crippen LogP contribution in [0.2, 0.25) is 0 Å². The Morgan fingerprint density at radius 3 is 2.66 bits per heavy atom. The number of nitrogens with one attached hydrogen (secondary N) is 1. The molecule has 29 heavy (non-hydrogen) atoms. The third kappa shape index (κ3) is 6.75. The van der Waals surface area contributed by atoms with Gasteiger partial charge >= 0.3 is 0 Å². The van der Waals surface area contributed by atoms with E-state index in [4.69, 9.17) is 26.8 Å². The number of ether oxygens (including phenoxy) is 2. The van der Waals surface area contributed by atoms with Crippen molar-refractivity contribution in [1.82, 2.24) is 9.97 Å². The van der Waals surface area contributed by atoms with E-state index in [1.54, 1.807) is 14.2 Å². The summed E-state index contributed by atoms with van der Waals surface area (Å²) in [4.78, 5) is 8.93. The number of nitrogens with zero attached hydrogens (tertiary/aromatic N) is 2. The highest BCUT2D eigenvalue weighted by Gasteiger charge is 2.17. The van der Waals surface area contributed by atoms with Crippen molar-refractivity contribution in [2.45, 2.75) is 57.9 Å². The first-order chi connectivity index (χ1) is 14.0. The van der Waals surface area contributed by atoms with Gasteiger partial charge in [0, 0.05) is 43.3 Å². The molecule has 160 valence electrons. The largest absolute Gasteiger partial charge is 0.496 e. The Kier molecular flexibility index (Phi) is 9.48. The van der Waals surface area contributed by atoms with Crippen LogP contribution < -0.4 is 15.8 Å². The predicted octanol–water partition coefficient (Wildman–Crippen LogP) is 4.71. The first-order valence-corrected chi connectivity index (χ1v) is 10.7. The van der Waals surface area contributed by atoms with Crippen LogP contribution >= 0.6 is 11.6 Å². The van der Waals surface area contributed by atoms with Gasteiger partial charge in [0.2, 0.25) is 5.95 Å². The van der Waals surface area contributed by atoms with Crippen LogP contribution in [-0.2, 0) is 17.0 Å². The summed E-state index contributed by atoms with van der Waals surface area (Å²) in [6, 6.07) is 6.27. The van der Waals surface area contributed by atoms with Crippen LogP contribution in [0.5, 0.6) is 5.75 Å². The number of aryl methyl sites for hydroxylation is 1. The van der Waals surface area contributed by atoms with Gasteiger partial charge in [0.05, 0.1) is 7.11 Å². The minimum Gasteiger partial charge on any atom is -0.496 e. The molecule has 1 aromatic carbocycles. The van der Waals surface area contributed by atoms with Crippen LogP contribution in [0.4, 0.5) is 11.8 Å². The van der Waals surface area contributed by atoms with Crippen LogP contribution in [0.1, 0.15) is 55.0 Å². The summed E-state index contributed by atoms with van der Waals surface area (Å²) in [5.74, 6) is 2.33. The molecule has 3 N–H and O–H groups in total. The third-order valence-electron chi connectivity index (χ3n) is 5.01. The molecule has 0 bridgehead atoms. The topological polar surface area (TPSA) is 82.3 Å². The van der Waals surface area contributed by atoms with Crippen molar-refractivity contribution in [2.24, 2.45) is 0 Å². The molecule has 0 unspecified atom stereocenters. The second-order valence-corrected chi connectivity index (χ2v) is 7.48. The quantitative estimate of drug-likeness (QED) is 0.484. The number of hydrogen-bond donors (Lipinski definition) is 2. The lowest BCUT2D eigenvalue weighted by Crippen LogP contribution is -2.24. The van der Waals surface area contributed by atoms with Crippen molar-refractivity contribution in [3.8, 4) is 5.75 Å². The molecule has 0 aliphatic carbocycles. The maximum Gasteiger partial charge on any atom is 0.222 e. The maximum atomic E-state index is 6.04. The molecule has 0 aliphatic heterocycles. The molecule has 1 aromatic heterocycles. The monoisotopic (exact) mass is 420 g/mol. The summed E-state index contributed by atoms with van der Waals surface area (Å²) in [6.07, 6.45) is 4.87. The molecule has 2 aromatic rings. The molecule has 2 rings (SSSR count). The summed E-state index contributed by atoms with van der Waals surface area (Å²) in [5, 5.41) is 3.61. The van der Waals surface area contributed by atoms with E-state index in [0.29, 0.717) is 18.9 Å². The van der Waals surface area contributed by atoms with Crippen molar-refractivity contribution in [3.63, 3.8) is 0 Å². The Hall–Kier alpha value is -2.05. The smallest absolute Gasteiger partial charge is 0.222 e. The highest BCUT2D eigenvalue weighted by molar-refractivity contribution is 6.17. The zero-order valence-electron chi connectivity index (χ0n) is 17.9. The summed E-state index contributed by atoms with van der Waals surface area (Å²) in [5.41, 5.74) is 9.94. The third-order valence-corrected chi connectivity index (χ3v) is 5.32. The molecule has 0 aliphatic rings. The standard InChI is InChI=1S/C22H33ClN4O2/c1-5-6-7-18(10-11-28-3)26-21-19(15(2)25-22(24)27-21)13-17-12-16(14-23)8-9-20(17)29-4/h8-9,12,18H,5-7,10-11,13-14H2,1-4H3,(H3,24,25,26,27)/t18-/m0/s1. The second-order valence-electron chi connectivity index (χ2n) is 7.22. The number of rotatable bonds is 12. The first-order valence-electron chi connectivity index (χ1n) is 10.1. The molecule has 0 spiro atoms. The van der Waals surface area contributed by atoms with Crippen LogP contribution in [0.3, 0.4) is 0 Å². The summed E-state index contributed by atoms with van der Waals surface area (Å²) in [6.45, 7) is 4.86. The van der Waals surface area contributed by atoms with E-state index in [0.717, 1.165) is 59.6 Å². The van der Waals surface area contributed by atoms with Crippen LogP contribution in [-0.4, -0.2) is 36.8 Å². The van der Waals surface area contributed by atoms with Gasteiger partial charge in [0.25, 0.3) is 0 Å². The van der Waals surface area contributed by atoms with E-state index in [2.05, 4.69) is 28.3 Å². The lowest BCUT2D eigenvalue weighted by molar-refractivity contribution is 0.188. The maximum absolute atomic E-state index is 6.04. The van der Waals surface area contributed by atoms with E-state index in [1.165, 1.54) is 0 Å². The average Bonchev–Trinajstić information content (AvgIpc) is 2.72. The second kappa shape index (κ2) is 11.8. The van der Waals surface area contributed by atoms with Gasteiger partial charge in [-0.25, -0.2) is 4.98 Å². The SMILES string of the molecule is CCCC[C@@H](CCOC)Nc1nc(N)nc(C)c1Cc1cc(CCl)ccc1OC. The van der Waals surface area contributed by atoms with Gasteiger partial charge in [-0.1, -0.05) is 31.9 Å². The molecular weight excluding hydrogens is 388 g/mol. The average molecular weight is 421 g/mol. The Labute approximate surface area is 179 Å². The first kappa shape index (κ1) is 23.2. The minimum atomic E-state index is 0.262. The van der Waals surface area contributed by atoms with Gasteiger partial charge in [0.15, 0.2) is 0 Å². The summed E-state index contributed by atoms with van der Waals surface area (Å²) in [7, 11) is 3.40. The number of alkyl halides is 1. The Morgan fingerprint density at radius 1 is 1.21 bits per heavy atom. The fraction of sp³-hybridized carbons (Fsp3) is 0.545. The fourth-order valence-electron chi connectivity index (χ4n) is 3.39. The lowest BCUT2D eigenvalue weighted by Gasteiger charge is -2.22. The number of nitrogens with two attached hydrogens (primary N) is 1. The number of methoxy groups -OCH3 is 2. The van der Waals surface area contributed by atoms with Gasteiger partial charge in [0.1, 0.15) is 11.6 Å². The number of halogens is 1. The molecule has 1 atom stereocenters. The Morgan fingerprint density at radius 2 is 2.00 bits per heavy atom. The molecular formula is C22H33ClN4O2.